The lowest BCUT2D eigenvalue weighted by Gasteiger charge is -2.29. The summed E-state index contributed by atoms with van der Waals surface area (Å²) in [7, 11) is 0. The predicted molar refractivity (Wildman–Crippen MR) is 193 cm³/mol. The van der Waals surface area contributed by atoms with Crippen LogP contribution in [0, 0.1) is 0 Å². The van der Waals surface area contributed by atoms with E-state index in [1.54, 1.807) is 0 Å². The van der Waals surface area contributed by atoms with E-state index in [0.29, 0.717) is 5.92 Å². The Balaban J connectivity index is 1.33. The molecule has 1 aliphatic carbocycles. The molecular formula is C44H37N. The van der Waals surface area contributed by atoms with Crippen molar-refractivity contribution in [3.63, 3.8) is 0 Å². The van der Waals surface area contributed by atoms with Gasteiger partial charge < -0.3 is 4.90 Å². The summed E-state index contributed by atoms with van der Waals surface area (Å²) in [6.07, 6.45) is 6.59. The van der Waals surface area contributed by atoms with E-state index in [4.69, 9.17) is 0 Å². The molecule has 0 N–H and O–H groups in total. The minimum absolute atomic E-state index is 0.623. The molecule has 0 aromatic heterocycles. The van der Waals surface area contributed by atoms with E-state index in [-0.39, 0.29) is 0 Å². The van der Waals surface area contributed by atoms with Crippen molar-refractivity contribution in [2.75, 3.05) is 4.90 Å². The van der Waals surface area contributed by atoms with Gasteiger partial charge in [0.05, 0.1) is 5.69 Å². The second kappa shape index (κ2) is 12.1. The van der Waals surface area contributed by atoms with Gasteiger partial charge in [0.15, 0.2) is 0 Å². The zero-order chi connectivity index (χ0) is 30.0. The molecule has 0 amide bonds. The van der Waals surface area contributed by atoms with Gasteiger partial charge in [-0.3, -0.25) is 0 Å². The standard InChI is InChI=1S/C44H37N/c1-3-13-32(14-4-1)34-25-28-38(29-26-34)45(39-30-27-33-15-7-8-18-37(33)31-39)43-24-10-9-21-41(43)42-23-12-20-36-19-11-22-40(44(36)42)35-16-5-2-6-17-35/h1,3-4,7-15,18-31,35H,2,5-6,16-17H2. The lowest BCUT2D eigenvalue weighted by Crippen LogP contribution is -2.11. The lowest BCUT2D eigenvalue weighted by molar-refractivity contribution is 0.445. The molecule has 0 bridgehead atoms. The van der Waals surface area contributed by atoms with E-state index in [0.717, 1.165) is 11.4 Å². The fraction of sp³-hybridized carbons (Fsp3) is 0.136. The van der Waals surface area contributed by atoms with E-state index in [9.17, 15) is 0 Å². The first kappa shape index (κ1) is 27.4. The van der Waals surface area contributed by atoms with Crippen molar-refractivity contribution < 1.29 is 0 Å². The third-order valence-electron chi connectivity index (χ3n) is 9.64. The zero-order valence-electron chi connectivity index (χ0n) is 25.6. The van der Waals surface area contributed by atoms with Crippen LogP contribution < -0.4 is 4.90 Å². The Hall–Kier alpha value is -5.14. The summed E-state index contributed by atoms with van der Waals surface area (Å²) >= 11 is 0. The monoisotopic (exact) mass is 579 g/mol. The molecule has 8 rings (SSSR count). The zero-order valence-corrected chi connectivity index (χ0v) is 25.6. The van der Waals surface area contributed by atoms with Crippen LogP contribution in [0.1, 0.15) is 43.6 Å². The summed E-state index contributed by atoms with van der Waals surface area (Å²) in [6, 6.07) is 57.9. The van der Waals surface area contributed by atoms with E-state index in [1.807, 2.05) is 0 Å². The van der Waals surface area contributed by atoms with Crippen LogP contribution in [0.4, 0.5) is 17.1 Å². The largest absolute Gasteiger partial charge is 0.310 e. The number of rotatable bonds is 6. The molecule has 218 valence electrons. The van der Waals surface area contributed by atoms with E-state index < -0.39 is 0 Å². The topological polar surface area (TPSA) is 3.24 Å². The van der Waals surface area contributed by atoms with Gasteiger partial charge in [0.2, 0.25) is 0 Å². The van der Waals surface area contributed by atoms with E-state index in [2.05, 4.69) is 163 Å². The Kier molecular flexibility index (Phi) is 7.37. The number of para-hydroxylation sites is 1. The van der Waals surface area contributed by atoms with Crippen LogP contribution in [0.15, 0.2) is 158 Å². The van der Waals surface area contributed by atoms with Crippen molar-refractivity contribution in [3.05, 3.63) is 163 Å². The molecule has 0 saturated heterocycles. The third-order valence-corrected chi connectivity index (χ3v) is 9.64. The van der Waals surface area contributed by atoms with Gasteiger partial charge in [0.25, 0.3) is 0 Å². The maximum atomic E-state index is 2.44. The summed E-state index contributed by atoms with van der Waals surface area (Å²) in [5, 5.41) is 5.23. The summed E-state index contributed by atoms with van der Waals surface area (Å²) in [5.41, 5.74) is 10.0. The highest BCUT2D eigenvalue weighted by molar-refractivity contribution is 6.03. The van der Waals surface area contributed by atoms with Gasteiger partial charge in [-0.25, -0.2) is 0 Å². The summed E-state index contributed by atoms with van der Waals surface area (Å²) in [6.45, 7) is 0. The highest BCUT2D eigenvalue weighted by atomic mass is 15.1. The molecule has 1 fully saturated rings. The average molecular weight is 580 g/mol. The lowest BCUT2D eigenvalue weighted by atomic mass is 9.80. The molecule has 45 heavy (non-hydrogen) atoms. The molecule has 7 aromatic rings. The van der Waals surface area contributed by atoms with Crippen molar-refractivity contribution in [2.45, 2.75) is 38.0 Å². The smallest absolute Gasteiger partial charge is 0.0540 e. The Morgan fingerprint density at radius 2 is 1.04 bits per heavy atom. The summed E-state index contributed by atoms with van der Waals surface area (Å²) < 4.78 is 0. The fourth-order valence-electron chi connectivity index (χ4n) is 7.42. The molecule has 0 atom stereocenters. The van der Waals surface area contributed by atoms with Gasteiger partial charge in [-0.15, -0.1) is 0 Å². The van der Waals surface area contributed by atoms with Gasteiger partial charge >= 0.3 is 0 Å². The highest BCUT2D eigenvalue weighted by Gasteiger charge is 2.22. The van der Waals surface area contributed by atoms with Gasteiger partial charge in [0, 0.05) is 16.9 Å². The molecule has 0 radical (unpaired) electrons. The molecule has 0 spiro atoms. The minimum atomic E-state index is 0.623. The molecule has 0 heterocycles. The van der Waals surface area contributed by atoms with Crippen molar-refractivity contribution >= 4 is 38.6 Å². The van der Waals surface area contributed by atoms with Crippen LogP contribution in [0.5, 0.6) is 0 Å². The van der Waals surface area contributed by atoms with Gasteiger partial charge in [-0.05, 0) is 92.9 Å². The molecular weight excluding hydrogens is 542 g/mol. The van der Waals surface area contributed by atoms with Gasteiger partial charge in [-0.2, -0.15) is 0 Å². The highest BCUT2D eigenvalue weighted by Crippen LogP contribution is 2.46. The number of benzene rings is 7. The Morgan fingerprint density at radius 3 is 1.87 bits per heavy atom. The van der Waals surface area contributed by atoms with Crippen molar-refractivity contribution in [2.24, 2.45) is 0 Å². The first-order valence-corrected chi connectivity index (χ1v) is 16.4. The number of fused-ring (bicyclic) bond motifs is 2. The maximum absolute atomic E-state index is 2.44. The first-order valence-electron chi connectivity index (χ1n) is 16.4. The van der Waals surface area contributed by atoms with Gasteiger partial charge in [0.1, 0.15) is 0 Å². The van der Waals surface area contributed by atoms with Crippen LogP contribution in [-0.4, -0.2) is 0 Å². The SMILES string of the molecule is c1ccc(-c2ccc(N(c3ccc4ccccc4c3)c3ccccc3-c3cccc4cccc(C5CCCCC5)c34)cc2)cc1. The maximum Gasteiger partial charge on any atom is 0.0540 e. The van der Waals surface area contributed by atoms with Crippen LogP contribution >= 0.6 is 0 Å². The quantitative estimate of drug-likeness (QED) is 0.189. The second-order valence-corrected chi connectivity index (χ2v) is 12.4. The fourth-order valence-corrected chi connectivity index (χ4v) is 7.42. The summed E-state index contributed by atoms with van der Waals surface area (Å²) in [4.78, 5) is 2.44. The molecule has 0 aliphatic heterocycles. The van der Waals surface area contributed by atoms with Crippen LogP contribution in [0.3, 0.4) is 0 Å². The first-order chi connectivity index (χ1) is 22.3. The molecule has 1 nitrogen and oxygen atoms in total. The van der Waals surface area contributed by atoms with E-state index in [1.165, 1.54) is 87.2 Å². The second-order valence-electron chi connectivity index (χ2n) is 12.4. The molecule has 1 saturated carbocycles. The number of anilines is 3. The Labute approximate surface area is 266 Å². The Bertz CT molecular complexity index is 2080. The summed E-state index contributed by atoms with van der Waals surface area (Å²) in [5.74, 6) is 0.623. The molecule has 1 heteroatoms. The average Bonchev–Trinajstić information content (AvgIpc) is 3.12. The van der Waals surface area contributed by atoms with Crippen molar-refractivity contribution in [3.8, 4) is 22.3 Å². The normalized spacial score (nSPS) is 13.7. The van der Waals surface area contributed by atoms with Gasteiger partial charge in [-0.1, -0.05) is 147 Å². The Morgan fingerprint density at radius 1 is 0.422 bits per heavy atom. The van der Waals surface area contributed by atoms with E-state index >= 15 is 0 Å². The van der Waals surface area contributed by atoms with Crippen LogP contribution in [-0.2, 0) is 0 Å². The minimum Gasteiger partial charge on any atom is -0.310 e. The third kappa shape index (κ3) is 5.29. The van der Waals surface area contributed by atoms with Crippen molar-refractivity contribution in [1.82, 2.24) is 0 Å². The number of nitrogens with zero attached hydrogens (tertiary/aromatic N) is 1. The molecule has 7 aromatic carbocycles. The predicted octanol–water partition coefficient (Wildman–Crippen LogP) is 12.8. The molecule has 1 aliphatic rings. The number of hydrogen-bond donors (Lipinski definition) is 0. The molecule has 0 unspecified atom stereocenters. The van der Waals surface area contributed by atoms with Crippen LogP contribution in [0.2, 0.25) is 0 Å². The van der Waals surface area contributed by atoms with Crippen molar-refractivity contribution in [1.29, 1.82) is 0 Å². The van der Waals surface area contributed by atoms with Crippen LogP contribution in [0.25, 0.3) is 43.8 Å². The number of hydrogen-bond acceptors (Lipinski definition) is 1.